The van der Waals surface area contributed by atoms with Crippen LogP contribution in [0.5, 0.6) is 5.88 Å². The van der Waals surface area contributed by atoms with Gasteiger partial charge in [0.25, 0.3) is 0 Å². The van der Waals surface area contributed by atoms with Crippen LogP contribution in [0.25, 0.3) is 0 Å². The van der Waals surface area contributed by atoms with Gasteiger partial charge >= 0.3 is 0 Å². The van der Waals surface area contributed by atoms with Crippen LogP contribution in [0.15, 0.2) is 24.3 Å². The van der Waals surface area contributed by atoms with Gasteiger partial charge in [0.1, 0.15) is 17.5 Å². The van der Waals surface area contributed by atoms with Crippen LogP contribution >= 0.6 is 0 Å². The van der Waals surface area contributed by atoms with Crippen LogP contribution in [0, 0.1) is 19.7 Å². The third kappa shape index (κ3) is 3.23. The first-order chi connectivity index (χ1) is 9.49. The number of aromatic nitrogens is 2. The summed E-state index contributed by atoms with van der Waals surface area (Å²) in [5.74, 6) is 1.58. The number of nitrogens with one attached hydrogen (secondary N) is 1. The van der Waals surface area contributed by atoms with Gasteiger partial charge in [0, 0.05) is 6.07 Å². The van der Waals surface area contributed by atoms with E-state index in [0.29, 0.717) is 23.1 Å². The molecule has 5 heteroatoms. The van der Waals surface area contributed by atoms with Gasteiger partial charge < -0.3 is 10.1 Å². The Balaban J connectivity index is 2.20. The summed E-state index contributed by atoms with van der Waals surface area (Å²) in [5, 5.41) is 3.22. The van der Waals surface area contributed by atoms with Gasteiger partial charge in [0.15, 0.2) is 0 Å². The maximum Gasteiger partial charge on any atom is 0.218 e. The van der Waals surface area contributed by atoms with Crippen LogP contribution in [0.3, 0.4) is 0 Å². The van der Waals surface area contributed by atoms with E-state index in [1.807, 2.05) is 13.0 Å². The van der Waals surface area contributed by atoms with Gasteiger partial charge in [-0.05, 0) is 38.0 Å². The molecule has 1 aromatic carbocycles. The molecule has 1 unspecified atom stereocenters. The summed E-state index contributed by atoms with van der Waals surface area (Å²) < 4.78 is 18.7. The Morgan fingerprint density at radius 3 is 2.60 bits per heavy atom. The minimum Gasteiger partial charge on any atom is -0.481 e. The molecular formula is C15H18FN3O. The monoisotopic (exact) mass is 275 g/mol. The van der Waals surface area contributed by atoms with E-state index in [2.05, 4.69) is 15.3 Å². The Labute approximate surface area is 118 Å². The number of nitrogens with zero attached hydrogens (tertiary/aromatic N) is 2. The SMILES string of the molecule is COc1cc(NC(C)c2ccc(C)c(F)c2)nc(C)n1. The average Bonchev–Trinajstić information content (AvgIpc) is 2.41. The lowest BCUT2D eigenvalue weighted by atomic mass is 10.1. The Morgan fingerprint density at radius 2 is 1.95 bits per heavy atom. The van der Waals surface area contributed by atoms with Crippen molar-refractivity contribution in [3.63, 3.8) is 0 Å². The maximum absolute atomic E-state index is 13.6. The predicted octanol–water partition coefficient (Wildman–Crippen LogP) is 3.41. The summed E-state index contributed by atoms with van der Waals surface area (Å²) in [7, 11) is 1.56. The molecule has 1 heterocycles. The van der Waals surface area contributed by atoms with Crippen molar-refractivity contribution in [2.75, 3.05) is 12.4 Å². The topological polar surface area (TPSA) is 47.0 Å². The van der Waals surface area contributed by atoms with Crippen LogP contribution in [0.1, 0.15) is 29.9 Å². The number of rotatable bonds is 4. The van der Waals surface area contributed by atoms with Crippen molar-refractivity contribution in [1.29, 1.82) is 0 Å². The summed E-state index contributed by atoms with van der Waals surface area (Å²) >= 11 is 0. The van der Waals surface area contributed by atoms with Gasteiger partial charge in [-0.3, -0.25) is 0 Å². The van der Waals surface area contributed by atoms with E-state index >= 15 is 0 Å². The van der Waals surface area contributed by atoms with E-state index in [9.17, 15) is 4.39 Å². The summed E-state index contributed by atoms with van der Waals surface area (Å²) in [6.45, 7) is 5.49. The third-order valence-corrected chi connectivity index (χ3v) is 3.08. The Bertz CT molecular complexity index is 616. The summed E-state index contributed by atoms with van der Waals surface area (Å²) in [6.07, 6.45) is 0. The fourth-order valence-electron chi connectivity index (χ4n) is 1.90. The quantitative estimate of drug-likeness (QED) is 0.928. The molecular weight excluding hydrogens is 257 g/mol. The molecule has 0 aliphatic rings. The number of aryl methyl sites for hydroxylation is 2. The number of ether oxygens (including phenoxy) is 1. The van der Waals surface area contributed by atoms with Crippen LogP contribution in [0.2, 0.25) is 0 Å². The third-order valence-electron chi connectivity index (χ3n) is 3.08. The highest BCUT2D eigenvalue weighted by atomic mass is 19.1. The molecule has 0 aliphatic heterocycles. The minimum atomic E-state index is -0.201. The first-order valence-electron chi connectivity index (χ1n) is 6.42. The molecule has 0 aliphatic carbocycles. The van der Waals surface area contributed by atoms with Crippen LogP contribution in [0.4, 0.5) is 10.2 Å². The van der Waals surface area contributed by atoms with Gasteiger partial charge in [-0.1, -0.05) is 12.1 Å². The summed E-state index contributed by atoms with van der Waals surface area (Å²) in [6, 6.07) is 6.87. The van der Waals surface area contributed by atoms with E-state index in [1.165, 1.54) is 6.07 Å². The molecule has 0 saturated heterocycles. The lowest BCUT2D eigenvalue weighted by Gasteiger charge is -2.16. The lowest BCUT2D eigenvalue weighted by molar-refractivity contribution is 0.396. The number of hydrogen-bond acceptors (Lipinski definition) is 4. The standard InChI is InChI=1S/C15H18FN3O/c1-9-5-6-12(7-13(9)16)10(2)17-14-8-15(20-4)19-11(3)18-14/h5-8,10H,1-4H3,(H,17,18,19). The molecule has 0 radical (unpaired) electrons. The van der Waals surface area contributed by atoms with Crippen molar-refractivity contribution >= 4 is 5.82 Å². The molecule has 0 bridgehead atoms. The Morgan fingerprint density at radius 1 is 1.20 bits per heavy atom. The summed E-state index contributed by atoms with van der Waals surface area (Å²) in [4.78, 5) is 8.42. The number of methoxy groups -OCH3 is 1. The van der Waals surface area contributed by atoms with Gasteiger partial charge in [-0.2, -0.15) is 4.98 Å². The van der Waals surface area contributed by atoms with Crippen molar-refractivity contribution in [2.45, 2.75) is 26.8 Å². The van der Waals surface area contributed by atoms with E-state index in [-0.39, 0.29) is 11.9 Å². The van der Waals surface area contributed by atoms with Crippen LogP contribution in [-0.4, -0.2) is 17.1 Å². The fourth-order valence-corrected chi connectivity index (χ4v) is 1.90. The number of anilines is 1. The maximum atomic E-state index is 13.6. The Hall–Kier alpha value is -2.17. The molecule has 1 N–H and O–H groups in total. The average molecular weight is 275 g/mol. The van der Waals surface area contributed by atoms with Gasteiger partial charge in [-0.15, -0.1) is 0 Å². The summed E-state index contributed by atoms with van der Waals surface area (Å²) in [5.41, 5.74) is 1.50. The number of hydrogen-bond donors (Lipinski definition) is 1. The number of halogens is 1. The molecule has 106 valence electrons. The minimum absolute atomic E-state index is 0.0656. The van der Waals surface area contributed by atoms with Crippen molar-refractivity contribution in [2.24, 2.45) is 0 Å². The van der Waals surface area contributed by atoms with E-state index < -0.39 is 0 Å². The molecule has 1 atom stereocenters. The predicted molar refractivity (Wildman–Crippen MR) is 76.5 cm³/mol. The van der Waals surface area contributed by atoms with E-state index in [4.69, 9.17) is 4.74 Å². The second-order valence-corrected chi connectivity index (χ2v) is 4.72. The van der Waals surface area contributed by atoms with Crippen molar-refractivity contribution in [1.82, 2.24) is 9.97 Å². The smallest absolute Gasteiger partial charge is 0.218 e. The molecule has 1 aromatic heterocycles. The molecule has 2 aromatic rings. The zero-order valence-corrected chi connectivity index (χ0v) is 12.1. The molecule has 0 saturated carbocycles. The second kappa shape index (κ2) is 5.86. The molecule has 2 rings (SSSR count). The lowest BCUT2D eigenvalue weighted by Crippen LogP contribution is -2.09. The van der Waals surface area contributed by atoms with Crippen molar-refractivity contribution in [3.05, 3.63) is 47.0 Å². The Kier molecular flexibility index (Phi) is 4.17. The van der Waals surface area contributed by atoms with E-state index in [1.54, 1.807) is 33.1 Å². The molecule has 0 amide bonds. The number of benzene rings is 1. The van der Waals surface area contributed by atoms with Gasteiger partial charge in [0.2, 0.25) is 5.88 Å². The normalized spacial score (nSPS) is 12.1. The highest BCUT2D eigenvalue weighted by molar-refractivity contribution is 5.41. The highest BCUT2D eigenvalue weighted by Crippen LogP contribution is 2.21. The largest absolute Gasteiger partial charge is 0.481 e. The first kappa shape index (κ1) is 14.2. The molecule has 0 spiro atoms. The molecule has 0 fully saturated rings. The van der Waals surface area contributed by atoms with Gasteiger partial charge in [-0.25, -0.2) is 9.37 Å². The zero-order chi connectivity index (χ0) is 14.7. The van der Waals surface area contributed by atoms with Crippen molar-refractivity contribution < 1.29 is 9.13 Å². The van der Waals surface area contributed by atoms with E-state index in [0.717, 1.165) is 5.56 Å². The zero-order valence-electron chi connectivity index (χ0n) is 12.1. The molecule has 4 nitrogen and oxygen atoms in total. The van der Waals surface area contributed by atoms with Crippen molar-refractivity contribution in [3.8, 4) is 5.88 Å². The fraction of sp³-hybridized carbons (Fsp3) is 0.333. The highest BCUT2D eigenvalue weighted by Gasteiger charge is 2.10. The first-order valence-corrected chi connectivity index (χ1v) is 6.42. The van der Waals surface area contributed by atoms with Crippen LogP contribution < -0.4 is 10.1 Å². The second-order valence-electron chi connectivity index (χ2n) is 4.72. The van der Waals surface area contributed by atoms with Gasteiger partial charge in [0.05, 0.1) is 13.2 Å². The van der Waals surface area contributed by atoms with Crippen LogP contribution in [-0.2, 0) is 0 Å². The molecule has 20 heavy (non-hydrogen) atoms.